The molecule has 20 heavy (non-hydrogen) atoms. The van der Waals surface area contributed by atoms with Gasteiger partial charge in [-0.15, -0.1) is 23.2 Å². The Morgan fingerprint density at radius 1 is 1.15 bits per heavy atom. The van der Waals surface area contributed by atoms with E-state index in [4.69, 9.17) is 32.7 Å². The van der Waals surface area contributed by atoms with Gasteiger partial charge in [0.1, 0.15) is 0 Å². The number of esters is 2. The summed E-state index contributed by atoms with van der Waals surface area (Å²) in [5.74, 6) is -2.16. The molecule has 3 unspecified atom stereocenters. The number of hydrogen-bond donors (Lipinski definition) is 0. The quantitative estimate of drug-likeness (QED) is 0.267. The molecule has 0 N–H and O–H groups in total. The molecule has 6 heteroatoms. The Labute approximate surface area is 131 Å². The van der Waals surface area contributed by atoms with E-state index in [9.17, 15) is 9.59 Å². The summed E-state index contributed by atoms with van der Waals surface area (Å²) in [6, 6.07) is 0. The summed E-state index contributed by atoms with van der Waals surface area (Å²) in [4.78, 5) is 23.2. The molecule has 0 aromatic heterocycles. The lowest BCUT2D eigenvalue weighted by atomic mass is 10.1. The summed E-state index contributed by atoms with van der Waals surface area (Å²) in [7, 11) is 0. The van der Waals surface area contributed by atoms with E-state index in [1.165, 1.54) is 0 Å². The largest absolute Gasteiger partial charge is 0.393 e. The van der Waals surface area contributed by atoms with E-state index < -0.39 is 29.2 Å². The Balaban J connectivity index is 4.00. The molecule has 0 aromatic rings. The third-order valence-electron chi connectivity index (χ3n) is 2.93. The molecule has 0 aliphatic rings. The first-order valence-corrected chi connectivity index (χ1v) is 7.94. The Morgan fingerprint density at radius 3 is 2.35 bits per heavy atom. The van der Waals surface area contributed by atoms with Crippen LogP contribution in [0, 0.1) is 11.8 Å². The van der Waals surface area contributed by atoms with Gasteiger partial charge in [0.05, 0.1) is 11.8 Å². The second-order valence-corrected chi connectivity index (χ2v) is 5.72. The fourth-order valence-corrected chi connectivity index (χ4v) is 1.62. The Kier molecular flexibility index (Phi) is 11.2. The van der Waals surface area contributed by atoms with Gasteiger partial charge in [-0.25, -0.2) is 0 Å². The normalized spacial score (nSPS) is 15.4. The van der Waals surface area contributed by atoms with Crippen molar-refractivity contribution in [1.29, 1.82) is 0 Å². The van der Waals surface area contributed by atoms with Crippen molar-refractivity contribution in [2.45, 2.75) is 45.4 Å². The second kappa shape index (κ2) is 11.4. The van der Waals surface area contributed by atoms with Gasteiger partial charge in [0.15, 0.2) is 0 Å². The van der Waals surface area contributed by atoms with E-state index in [1.54, 1.807) is 13.8 Å². The zero-order valence-electron chi connectivity index (χ0n) is 12.4. The van der Waals surface area contributed by atoms with Crippen LogP contribution in [0.15, 0.2) is 0 Å². The topological polar surface area (TPSA) is 52.6 Å². The lowest BCUT2D eigenvalue weighted by Gasteiger charge is -2.17. The first kappa shape index (κ1) is 19.7. The van der Waals surface area contributed by atoms with Crippen molar-refractivity contribution in [2.24, 2.45) is 11.8 Å². The lowest BCUT2D eigenvalue weighted by Crippen LogP contribution is -2.29. The molecule has 0 amide bonds. The maximum absolute atomic E-state index is 11.7. The predicted molar refractivity (Wildman–Crippen MR) is 80.1 cm³/mol. The molecule has 0 radical (unpaired) electrons. The van der Waals surface area contributed by atoms with Crippen molar-refractivity contribution in [3.05, 3.63) is 0 Å². The van der Waals surface area contributed by atoms with Crippen molar-refractivity contribution in [1.82, 2.24) is 0 Å². The molecular formula is C14H24Cl2O4. The van der Waals surface area contributed by atoms with Crippen molar-refractivity contribution in [2.75, 3.05) is 19.1 Å². The number of hydrogen-bond acceptors (Lipinski definition) is 4. The van der Waals surface area contributed by atoms with Gasteiger partial charge >= 0.3 is 11.9 Å². The van der Waals surface area contributed by atoms with Gasteiger partial charge in [0.25, 0.3) is 0 Å². The van der Waals surface area contributed by atoms with Gasteiger partial charge in [0.2, 0.25) is 0 Å². The summed E-state index contributed by atoms with van der Waals surface area (Å²) in [6.45, 7) is 6.53. The molecule has 0 saturated heterocycles. The first-order chi connectivity index (χ1) is 9.43. The number of ether oxygens (including phenoxy) is 2. The highest BCUT2D eigenvalue weighted by Gasteiger charge is 2.27. The zero-order chi connectivity index (χ0) is 15.5. The molecule has 0 bridgehead atoms. The van der Waals surface area contributed by atoms with Gasteiger partial charge in [-0.1, -0.05) is 27.2 Å². The van der Waals surface area contributed by atoms with Crippen molar-refractivity contribution in [3.8, 4) is 0 Å². The summed E-state index contributed by atoms with van der Waals surface area (Å²) >= 11 is 11.6. The lowest BCUT2D eigenvalue weighted by molar-refractivity contribution is -0.164. The monoisotopic (exact) mass is 326 g/mol. The average Bonchev–Trinajstić information content (AvgIpc) is 2.44. The average molecular weight is 327 g/mol. The molecule has 0 heterocycles. The molecule has 0 spiro atoms. The van der Waals surface area contributed by atoms with Crippen LogP contribution in [0.4, 0.5) is 0 Å². The molecule has 0 rings (SSSR count). The Hall–Kier alpha value is -0.320. The third-order valence-corrected chi connectivity index (χ3v) is 3.99. The number of alkyl halides is 2. The summed E-state index contributed by atoms with van der Waals surface area (Å²) < 4.78 is 10.1. The predicted octanol–water partition coefficient (Wildman–Crippen LogP) is 3.38. The molecule has 0 aliphatic carbocycles. The van der Waals surface area contributed by atoms with Crippen LogP contribution in [0.1, 0.15) is 40.0 Å². The van der Waals surface area contributed by atoms with Crippen LogP contribution in [-0.4, -0.2) is 36.4 Å². The number of halogens is 2. The minimum atomic E-state index is -0.611. The van der Waals surface area contributed by atoms with Gasteiger partial charge in [-0.05, 0) is 12.8 Å². The van der Waals surface area contributed by atoms with Crippen LogP contribution in [0.2, 0.25) is 0 Å². The van der Waals surface area contributed by atoms with Crippen LogP contribution in [0.5, 0.6) is 0 Å². The highest BCUT2D eigenvalue weighted by atomic mass is 35.5. The number of unbranched alkanes of at least 4 members (excludes halogenated alkanes) is 1. The molecule has 118 valence electrons. The molecule has 0 aromatic carbocycles. The first-order valence-electron chi connectivity index (χ1n) is 6.97. The Morgan fingerprint density at radius 2 is 1.80 bits per heavy atom. The number of rotatable bonds is 10. The second-order valence-electron chi connectivity index (χ2n) is 4.85. The fourth-order valence-electron chi connectivity index (χ4n) is 1.30. The van der Waals surface area contributed by atoms with E-state index in [-0.39, 0.29) is 5.88 Å². The SMILES string of the molecule is CCCCOCCC(Cl)C(C)C(=O)OC(=O)C(C)CCl. The van der Waals surface area contributed by atoms with Crippen LogP contribution in [-0.2, 0) is 19.1 Å². The van der Waals surface area contributed by atoms with Crippen LogP contribution in [0.25, 0.3) is 0 Å². The van der Waals surface area contributed by atoms with E-state index >= 15 is 0 Å². The highest BCUT2D eigenvalue weighted by Crippen LogP contribution is 2.17. The Bertz CT molecular complexity index is 297. The highest BCUT2D eigenvalue weighted by molar-refractivity contribution is 6.22. The van der Waals surface area contributed by atoms with Crippen molar-refractivity contribution >= 4 is 35.1 Å². The molecule has 0 fully saturated rings. The van der Waals surface area contributed by atoms with Gasteiger partial charge in [-0.2, -0.15) is 0 Å². The molecule has 3 atom stereocenters. The maximum Gasteiger partial charge on any atom is 0.317 e. The van der Waals surface area contributed by atoms with Crippen molar-refractivity contribution < 1.29 is 19.1 Å². The van der Waals surface area contributed by atoms with Gasteiger partial charge in [-0.3, -0.25) is 9.59 Å². The van der Waals surface area contributed by atoms with E-state index in [0.717, 1.165) is 12.8 Å². The van der Waals surface area contributed by atoms with Crippen LogP contribution >= 0.6 is 23.2 Å². The van der Waals surface area contributed by atoms with Crippen LogP contribution < -0.4 is 0 Å². The van der Waals surface area contributed by atoms with Crippen molar-refractivity contribution in [3.63, 3.8) is 0 Å². The van der Waals surface area contributed by atoms with Crippen LogP contribution in [0.3, 0.4) is 0 Å². The van der Waals surface area contributed by atoms with E-state index in [1.807, 2.05) is 0 Å². The number of carbonyl (C=O) groups is 2. The summed E-state index contributed by atoms with van der Waals surface area (Å²) in [5, 5.41) is -0.414. The third kappa shape index (κ3) is 8.08. The standard InChI is InChI=1S/C14H24Cl2O4/c1-4-5-7-19-8-6-12(16)11(3)14(18)20-13(17)10(2)9-15/h10-12H,4-9H2,1-3H3. The molecule has 0 saturated carbocycles. The minimum Gasteiger partial charge on any atom is -0.393 e. The van der Waals surface area contributed by atoms with E-state index in [2.05, 4.69) is 6.92 Å². The van der Waals surface area contributed by atoms with Gasteiger partial charge < -0.3 is 9.47 Å². The summed E-state index contributed by atoms with van der Waals surface area (Å²) in [5.41, 5.74) is 0. The van der Waals surface area contributed by atoms with E-state index in [0.29, 0.717) is 19.6 Å². The molecular weight excluding hydrogens is 303 g/mol. The smallest absolute Gasteiger partial charge is 0.317 e. The zero-order valence-corrected chi connectivity index (χ0v) is 13.9. The maximum atomic E-state index is 11.7. The molecule has 0 aliphatic heterocycles. The number of carbonyl (C=O) groups excluding carboxylic acids is 2. The minimum absolute atomic E-state index is 0.121. The van der Waals surface area contributed by atoms with Gasteiger partial charge in [0, 0.05) is 24.5 Å². The summed E-state index contributed by atoms with van der Waals surface area (Å²) in [6.07, 6.45) is 2.63. The molecule has 4 nitrogen and oxygen atoms in total. The fraction of sp³-hybridized carbons (Fsp3) is 0.857.